The van der Waals surface area contributed by atoms with Gasteiger partial charge < -0.3 is 10.1 Å². The van der Waals surface area contributed by atoms with Gasteiger partial charge in [0.05, 0.1) is 7.11 Å². The molecule has 0 bridgehead atoms. The maximum Gasteiger partial charge on any atom is 0.406 e. The standard InChI is InChI=1S/C3H7NO2.C2H6/c1-4-3(5)6-2;1-2/h1-2H3,(H,4,5);1-2H3. The molecule has 0 rings (SSSR count). The van der Waals surface area contributed by atoms with Gasteiger partial charge in [-0.2, -0.15) is 0 Å². The normalized spacial score (nSPS) is 6.00. The zero-order chi connectivity index (χ0) is 6.99. The summed E-state index contributed by atoms with van der Waals surface area (Å²) < 4.78 is 4.15. The van der Waals surface area contributed by atoms with Crippen LogP contribution in [0.25, 0.3) is 0 Å². The molecule has 0 aromatic carbocycles. The lowest BCUT2D eigenvalue weighted by atomic mass is 11.0. The van der Waals surface area contributed by atoms with Crippen LogP contribution in [0.5, 0.6) is 0 Å². The Morgan fingerprint density at radius 1 is 1.50 bits per heavy atom. The van der Waals surface area contributed by atoms with Gasteiger partial charge >= 0.3 is 6.09 Å². The Kier molecular flexibility index (Phi) is 12.3. The van der Waals surface area contributed by atoms with Crippen LogP contribution in [-0.2, 0) is 4.74 Å². The average molecular weight is 119 g/mol. The van der Waals surface area contributed by atoms with Crippen LogP contribution in [0, 0.1) is 0 Å². The molecule has 3 nitrogen and oxygen atoms in total. The second-order valence-electron chi connectivity index (χ2n) is 0.742. The molecule has 0 aliphatic heterocycles. The number of methoxy groups -OCH3 is 1. The minimum atomic E-state index is -0.407. The molecule has 0 radical (unpaired) electrons. The number of carbonyl (C=O) groups is 1. The smallest absolute Gasteiger partial charge is 0.406 e. The van der Waals surface area contributed by atoms with E-state index in [9.17, 15) is 4.79 Å². The Bertz CT molecular complexity index is 48.4. The van der Waals surface area contributed by atoms with Gasteiger partial charge in [0, 0.05) is 7.05 Å². The Hall–Kier alpha value is -0.730. The molecule has 0 saturated heterocycles. The van der Waals surface area contributed by atoms with E-state index in [-0.39, 0.29) is 0 Å². The molecule has 0 atom stereocenters. The minimum Gasteiger partial charge on any atom is -0.453 e. The summed E-state index contributed by atoms with van der Waals surface area (Å²) >= 11 is 0. The van der Waals surface area contributed by atoms with E-state index in [0.717, 1.165) is 0 Å². The van der Waals surface area contributed by atoms with Crippen LogP contribution in [0.3, 0.4) is 0 Å². The van der Waals surface area contributed by atoms with Gasteiger partial charge in [-0.25, -0.2) is 4.79 Å². The highest BCUT2D eigenvalue weighted by atomic mass is 16.5. The van der Waals surface area contributed by atoms with E-state index < -0.39 is 6.09 Å². The summed E-state index contributed by atoms with van der Waals surface area (Å²) in [4.78, 5) is 9.85. The molecule has 1 amide bonds. The highest BCUT2D eigenvalue weighted by Crippen LogP contribution is 1.62. The van der Waals surface area contributed by atoms with Gasteiger partial charge in [0.15, 0.2) is 0 Å². The quantitative estimate of drug-likeness (QED) is 0.516. The van der Waals surface area contributed by atoms with Crippen molar-refractivity contribution in [3.05, 3.63) is 0 Å². The first kappa shape index (κ1) is 10.3. The molecule has 0 fully saturated rings. The van der Waals surface area contributed by atoms with Crippen LogP contribution in [0.4, 0.5) is 4.79 Å². The first-order valence-electron chi connectivity index (χ1n) is 2.57. The summed E-state index contributed by atoms with van der Waals surface area (Å²) in [5.74, 6) is 0. The molecule has 0 saturated carbocycles. The number of carbonyl (C=O) groups excluding carboxylic acids is 1. The van der Waals surface area contributed by atoms with Crippen molar-refractivity contribution in [2.45, 2.75) is 13.8 Å². The molecule has 50 valence electrons. The maximum atomic E-state index is 9.85. The van der Waals surface area contributed by atoms with Crippen LogP contribution in [-0.4, -0.2) is 20.3 Å². The summed E-state index contributed by atoms with van der Waals surface area (Å²) in [7, 11) is 2.82. The summed E-state index contributed by atoms with van der Waals surface area (Å²) in [6.45, 7) is 4.00. The van der Waals surface area contributed by atoms with Gasteiger partial charge in [0.2, 0.25) is 0 Å². The van der Waals surface area contributed by atoms with Crippen molar-refractivity contribution in [3.63, 3.8) is 0 Å². The molecular weight excluding hydrogens is 106 g/mol. The fourth-order valence-electron chi connectivity index (χ4n) is 0.102. The highest BCUT2D eigenvalue weighted by molar-refractivity contribution is 5.66. The predicted octanol–water partition coefficient (Wildman–Crippen LogP) is 0.998. The van der Waals surface area contributed by atoms with Gasteiger partial charge in [-0.3, -0.25) is 0 Å². The summed E-state index contributed by atoms with van der Waals surface area (Å²) in [5, 5.41) is 2.25. The van der Waals surface area contributed by atoms with Crippen LogP contribution in [0.2, 0.25) is 0 Å². The van der Waals surface area contributed by atoms with Crippen molar-refractivity contribution < 1.29 is 9.53 Å². The van der Waals surface area contributed by atoms with E-state index in [1.165, 1.54) is 14.2 Å². The Morgan fingerprint density at radius 3 is 1.88 bits per heavy atom. The third kappa shape index (κ3) is 8.99. The van der Waals surface area contributed by atoms with Crippen molar-refractivity contribution >= 4 is 6.09 Å². The lowest BCUT2D eigenvalue weighted by Crippen LogP contribution is -2.16. The monoisotopic (exact) mass is 119 g/mol. The number of hydrogen-bond donors (Lipinski definition) is 1. The zero-order valence-corrected chi connectivity index (χ0v) is 5.82. The van der Waals surface area contributed by atoms with E-state index in [0.29, 0.717) is 0 Å². The Labute approximate surface area is 50.0 Å². The fraction of sp³-hybridized carbons (Fsp3) is 0.800. The lowest BCUT2D eigenvalue weighted by Gasteiger charge is -1.90. The summed E-state index contributed by atoms with van der Waals surface area (Å²) in [5.41, 5.74) is 0. The molecule has 0 heterocycles. The van der Waals surface area contributed by atoms with Gasteiger partial charge in [-0.1, -0.05) is 13.8 Å². The zero-order valence-electron chi connectivity index (χ0n) is 5.82. The maximum absolute atomic E-state index is 9.85. The molecular formula is C5H13NO2. The van der Waals surface area contributed by atoms with Crippen molar-refractivity contribution in [1.82, 2.24) is 5.32 Å². The number of alkyl carbamates (subject to hydrolysis) is 1. The van der Waals surface area contributed by atoms with Crippen molar-refractivity contribution in [2.75, 3.05) is 14.2 Å². The van der Waals surface area contributed by atoms with Gasteiger partial charge in [-0.15, -0.1) is 0 Å². The SMILES string of the molecule is CC.CNC(=O)OC. The molecule has 0 aromatic heterocycles. The van der Waals surface area contributed by atoms with Crippen molar-refractivity contribution in [2.24, 2.45) is 0 Å². The predicted molar refractivity (Wildman–Crippen MR) is 32.8 cm³/mol. The van der Waals surface area contributed by atoms with E-state index in [1.807, 2.05) is 13.8 Å². The van der Waals surface area contributed by atoms with E-state index in [4.69, 9.17) is 0 Å². The number of amides is 1. The number of hydrogen-bond acceptors (Lipinski definition) is 2. The lowest BCUT2D eigenvalue weighted by molar-refractivity contribution is 0.173. The highest BCUT2D eigenvalue weighted by Gasteiger charge is 1.85. The topological polar surface area (TPSA) is 38.3 Å². The molecule has 0 unspecified atom stereocenters. The first-order chi connectivity index (χ1) is 3.81. The van der Waals surface area contributed by atoms with E-state index >= 15 is 0 Å². The van der Waals surface area contributed by atoms with Gasteiger partial charge in [-0.05, 0) is 0 Å². The van der Waals surface area contributed by atoms with Crippen LogP contribution < -0.4 is 5.32 Å². The molecule has 1 N–H and O–H groups in total. The first-order valence-corrected chi connectivity index (χ1v) is 2.57. The fourth-order valence-corrected chi connectivity index (χ4v) is 0.102. The third-order valence-electron chi connectivity index (χ3n) is 0.390. The van der Waals surface area contributed by atoms with Crippen LogP contribution in [0.1, 0.15) is 13.8 Å². The van der Waals surface area contributed by atoms with Gasteiger partial charge in [0.1, 0.15) is 0 Å². The van der Waals surface area contributed by atoms with Crippen LogP contribution >= 0.6 is 0 Å². The third-order valence-corrected chi connectivity index (χ3v) is 0.390. The summed E-state index contributed by atoms with van der Waals surface area (Å²) in [6, 6.07) is 0. The van der Waals surface area contributed by atoms with Crippen molar-refractivity contribution in [1.29, 1.82) is 0 Å². The Morgan fingerprint density at radius 2 is 1.88 bits per heavy atom. The minimum absolute atomic E-state index is 0.407. The molecule has 0 aromatic rings. The Balaban J connectivity index is 0. The molecule has 3 heteroatoms. The molecule has 0 aliphatic carbocycles. The van der Waals surface area contributed by atoms with E-state index in [2.05, 4.69) is 10.1 Å². The number of nitrogens with one attached hydrogen (secondary N) is 1. The largest absolute Gasteiger partial charge is 0.453 e. The van der Waals surface area contributed by atoms with Gasteiger partial charge in [0.25, 0.3) is 0 Å². The van der Waals surface area contributed by atoms with Crippen molar-refractivity contribution in [3.8, 4) is 0 Å². The second-order valence-corrected chi connectivity index (χ2v) is 0.742. The number of ether oxygens (including phenoxy) is 1. The molecule has 0 aliphatic rings. The molecule has 0 spiro atoms. The average Bonchev–Trinajstić information content (AvgIpc) is 1.91. The summed E-state index contributed by atoms with van der Waals surface area (Å²) in [6.07, 6.45) is -0.407. The van der Waals surface area contributed by atoms with Crippen LogP contribution in [0.15, 0.2) is 0 Å². The van der Waals surface area contributed by atoms with E-state index in [1.54, 1.807) is 0 Å². The number of rotatable bonds is 0. The second kappa shape index (κ2) is 9.55. The molecule has 8 heavy (non-hydrogen) atoms.